The van der Waals surface area contributed by atoms with E-state index in [9.17, 15) is 5.11 Å². The average Bonchev–Trinajstić information content (AvgIpc) is 2.28. The van der Waals surface area contributed by atoms with Crippen LogP contribution in [-0.4, -0.2) is 17.3 Å². The summed E-state index contributed by atoms with van der Waals surface area (Å²) < 4.78 is 0. The number of nitrogen functional groups attached to an aromatic ring is 1. The van der Waals surface area contributed by atoms with Crippen LogP contribution in [0.2, 0.25) is 0 Å². The highest BCUT2D eigenvalue weighted by Gasteiger charge is 2.19. The molecule has 1 aliphatic rings. The molecule has 0 atom stereocenters. The summed E-state index contributed by atoms with van der Waals surface area (Å²) >= 11 is 0. The van der Waals surface area contributed by atoms with Crippen molar-refractivity contribution in [1.82, 2.24) is 0 Å². The van der Waals surface area contributed by atoms with E-state index in [1.54, 1.807) is 0 Å². The van der Waals surface area contributed by atoms with Crippen molar-refractivity contribution in [2.24, 2.45) is 0 Å². The normalized spacial score (nSPS) is 25.4. The Morgan fingerprint density at radius 2 is 1.94 bits per heavy atom. The molecular weight excluding hydrogens is 200 g/mol. The number of hydrogen-bond acceptors (Lipinski definition) is 3. The van der Waals surface area contributed by atoms with Crippen molar-refractivity contribution in [2.75, 3.05) is 11.1 Å². The van der Waals surface area contributed by atoms with E-state index in [0.29, 0.717) is 6.04 Å². The average molecular weight is 220 g/mol. The molecule has 16 heavy (non-hydrogen) atoms. The van der Waals surface area contributed by atoms with Crippen molar-refractivity contribution < 1.29 is 5.11 Å². The maximum atomic E-state index is 9.44. The Hall–Kier alpha value is -1.22. The lowest BCUT2D eigenvalue weighted by atomic mass is 9.93. The number of benzene rings is 1. The Morgan fingerprint density at radius 1 is 1.25 bits per heavy atom. The quantitative estimate of drug-likeness (QED) is 0.670. The molecule has 0 radical (unpaired) electrons. The third kappa shape index (κ3) is 2.47. The fraction of sp³-hybridized carbons (Fsp3) is 0.538. The molecule has 0 saturated heterocycles. The summed E-state index contributed by atoms with van der Waals surface area (Å²) in [5, 5.41) is 13.0. The lowest BCUT2D eigenvalue weighted by Crippen LogP contribution is -2.28. The van der Waals surface area contributed by atoms with Crippen LogP contribution in [0.25, 0.3) is 0 Å². The topological polar surface area (TPSA) is 58.3 Å². The van der Waals surface area contributed by atoms with Gasteiger partial charge in [-0.25, -0.2) is 0 Å². The van der Waals surface area contributed by atoms with E-state index < -0.39 is 0 Å². The molecule has 3 nitrogen and oxygen atoms in total. The zero-order valence-electron chi connectivity index (χ0n) is 9.74. The molecule has 0 bridgehead atoms. The maximum absolute atomic E-state index is 9.44. The van der Waals surface area contributed by atoms with E-state index in [4.69, 9.17) is 5.73 Å². The van der Waals surface area contributed by atoms with Crippen LogP contribution < -0.4 is 11.1 Å². The van der Waals surface area contributed by atoms with Crippen LogP contribution in [0, 0.1) is 6.92 Å². The third-order valence-corrected chi connectivity index (χ3v) is 3.43. The first kappa shape index (κ1) is 11.3. The van der Waals surface area contributed by atoms with Crippen LogP contribution in [-0.2, 0) is 0 Å². The largest absolute Gasteiger partial charge is 0.398 e. The smallest absolute Gasteiger partial charge is 0.0541 e. The summed E-state index contributed by atoms with van der Waals surface area (Å²) in [5.74, 6) is 0. The first-order valence-corrected chi connectivity index (χ1v) is 5.96. The van der Waals surface area contributed by atoms with Crippen LogP contribution in [0.1, 0.15) is 31.2 Å². The van der Waals surface area contributed by atoms with Gasteiger partial charge in [-0.05, 0) is 50.3 Å². The van der Waals surface area contributed by atoms with Gasteiger partial charge in [-0.15, -0.1) is 0 Å². The second-order valence-electron chi connectivity index (χ2n) is 4.67. The Bertz CT molecular complexity index is 357. The molecule has 2 rings (SSSR count). The van der Waals surface area contributed by atoms with Crippen molar-refractivity contribution in [2.45, 2.75) is 44.8 Å². The third-order valence-electron chi connectivity index (χ3n) is 3.43. The van der Waals surface area contributed by atoms with Gasteiger partial charge in [-0.2, -0.15) is 0 Å². The standard InChI is InChI=1S/C13H20N2O/c1-9-12(14)3-2-4-13(9)15-10-5-7-11(16)8-6-10/h2-4,10-11,15-16H,5-8,14H2,1H3. The fourth-order valence-corrected chi connectivity index (χ4v) is 2.25. The molecule has 0 heterocycles. The number of hydrogen-bond donors (Lipinski definition) is 3. The number of aliphatic hydroxyl groups excluding tert-OH is 1. The van der Waals surface area contributed by atoms with Crippen molar-refractivity contribution in [1.29, 1.82) is 0 Å². The molecule has 3 heteroatoms. The van der Waals surface area contributed by atoms with Crippen molar-refractivity contribution >= 4 is 11.4 Å². The summed E-state index contributed by atoms with van der Waals surface area (Å²) in [7, 11) is 0. The monoisotopic (exact) mass is 220 g/mol. The Labute approximate surface area is 96.7 Å². The number of anilines is 2. The SMILES string of the molecule is Cc1c(N)cccc1NC1CCC(O)CC1. The molecule has 0 aromatic heterocycles. The van der Waals surface area contributed by atoms with Gasteiger partial charge in [0.2, 0.25) is 0 Å². The molecule has 0 spiro atoms. The molecule has 0 unspecified atom stereocenters. The van der Waals surface area contributed by atoms with Gasteiger partial charge in [-0.3, -0.25) is 0 Å². The van der Waals surface area contributed by atoms with Gasteiger partial charge in [0, 0.05) is 17.4 Å². The predicted octanol–water partition coefficient (Wildman–Crippen LogP) is 2.29. The second-order valence-corrected chi connectivity index (χ2v) is 4.67. The summed E-state index contributed by atoms with van der Waals surface area (Å²) in [4.78, 5) is 0. The van der Waals surface area contributed by atoms with Gasteiger partial charge in [0.05, 0.1) is 6.10 Å². The minimum Gasteiger partial charge on any atom is -0.398 e. The van der Waals surface area contributed by atoms with Gasteiger partial charge in [0.1, 0.15) is 0 Å². The van der Waals surface area contributed by atoms with Crippen molar-refractivity contribution in [3.8, 4) is 0 Å². The predicted molar refractivity (Wildman–Crippen MR) is 67.5 cm³/mol. The van der Waals surface area contributed by atoms with Crippen molar-refractivity contribution in [3.63, 3.8) is 0 Å². The van der Waals surface area contributed by atoms with E-state index in [1.807, 2.05) is 19.1 Å². The maximum Gasteiger partial charge on any atom is 0.0541 e. The number of nitrogens with one attached hydrogen (secondary N) is 1. The summed E-state index contributed by atoms with van der Waals surface area (Å²) in [6, 6.07) is 6.44. The van der Waals surface area contributed by atoms with Gasteiger partial charge in [0.15, 0.2) is 0 Å². The molecule has 88 valence electrons. The second kappa shape index (κ2) is 4.74. The van der Waals surface area contributed by atoms with Crippen LogP contribution in [0.4, 0.5) is 11.4 Å². The highest BCUT2D eigenvalue weighted by molar-refractivity contribution is 5.63. The number of aliphatic hydroxyl groups is 1. The lowest BCUT2D eigenvalue weighted by Gasteiger charge is -2.27. The van der Waals surface area contributed by atoms with E-state index in [0.717, 1.165) is 42.6 Å². The van der Waals surface area contributed by atoms with Gasteiger partial charge in [-0.1, -0.05) is 6.07 Å². The molecule has 4 N–H and O–H groups in total. The highest BCUT2D eigenvalue weighted by Crippen LogP contribution is 2.26. The van der Waals surface area contributed by atoms with E-state index in [1.165, 1.54) is 0 Å². The van der Waals surface area contributed by atoms with Crippen LogP contribution in [0.15, 0.2) is 18.2 Å². The Kier molecular flexibility index (Phi) is 3.34. The highest BCUT2D eigenvalue weighted by atomic mass is 16.3. The molecule has 1 aromatic rings. The molecule has 1 aliphatic carbocycles. The van der Waals surface area contributed by atoms with Crippen LogP contribution >= 0.6 is 0 Å². The zero-order valence-corrected chi connectivity index (χ0v) is 9.74. The molecule has 0 aliphatic heterocycles. The molecule has 0 amide bonds. The van der Waals surface area contributed by atoms with Crippen LogP contribution in [0.5, 0.6) is 0 Å². The molecule has 1 saturated carbocycles. The van der Waals surface area contributed by atoms with Gasteiger partial charge in [0.25, 0.3) is 0 Å². The lowest BCUT2D eigenvalue weighted by molar-refractivity contribution is 0.126. The summed E-state index contributed by atoms with van der Waals surface area (Å²) in [5.41, 5.74) is 8.95. The Balaban J connectivity index is 2.01. The van der Waals surface area contributed by atoms with Crippen molar-refractivity contribution in [3.05, 3.63) is 23.8 Å². The van der Waals surface area contributed by atoms with E-state index in [2.05, 4.69) is 11.4 Å². The van der Waals surface area contributed by atoms with Gasteiger partial charge >= 0.3 is 0 Å². The number of rotatable bonds is 2. The first-order valence-electron chi connectivity index (χ1n) is 5.96. The molecular formula is C13H20N2O. The zero-order chi connectivity index (χ0) is 11.5. The Morgan fingerprint density at radius 3 is 2.62 bits per heavy atom. The molecule has 1 aromatic carbocycles. The summed E-state index contributed by atoms with van der Waals surface area (Å²) in [6.45, 7) is 2.04. The number of nitrogens with two attached hydrogens (primary N) is 1. The van der Waals surface area contributed by atoms with Crippen LogP contribution in [0.3, 0.4) is 0 Å². The van der Waals surface area contributed by atoms with E-state index in [-0.39, 0.29) is 6.10 Å². The fourth-order valence-electron chi connectivity index (χ4n) is 2.25. The van der Waals surface area contributed by atoms with E-state index >= 15 is 0 Å². The first-order chi connectivity index (χ1) is 7.66. The minimum absolute atomic E-state index is 0.0972. The minimum atomic E-state index is -0.0972. The molecule has 1 fully saturated rings. The summed E-state index contributed by atoms with van der Waals surface area (Å²) in [6.07, 6.45) is 3.78. The van der Waals surface area contributed by atoms with Gasteiger partial charge < -0.3 is 16.2 Å².